The molecule has 2 saturated carbocycles. The number of amides is 1. The van der Waals surface area contributed by atoms with Gasteiger partial charge in [-0.1, -0.05) is 18.2 Å². The van der Waals surface area contributed by atoms with Crippen LogP contribution in [0.1, 0.15) is 45.5 Å². The van der Waals surface area contributed by atoms with Gasteiger partial charge in [0.25, 0.3) is 10.0 Å². The SMILES string of the molecule is CC(C)(C)OC(=O)NCCc1nc2cnc3c(ccn3S(=O)(=O)c3ccccc3)c2n1C1CC2CC(=O)C21. The maximum absolute atomic E-state index is 13.4. The van der Waals surface area contributed by atoms with Crippen molar-refractivity contribution >= 4 is 44.0 Å². The highest BCUT2D eigenvalue weighted by Crippen LogP contribution is 2.55. The summed E-state index contributed by atoms with van der Waals surface area (Å²) in [5.41, 5.74) is 1.08. The van der Waals surface area contributed by atoms with E-state index in [-0.39, 0.29) is 22.6 Å². The van der Waals surface area contributed by atoms with E-state index in [1.165, 1.54) is 10.2 Å². The number of nitrogens with one attached hydrogen (secondary N) is 1. The van der Waals surface area contributed by atoms with Crippen molar-refractivity contribution in [2.45, 2.75) is 56.6 Å². The molecule has 10 nitrogen and oxygen atoms in total. The first-order valence-electron chi connectivity index (χ1n) is 12.7. The highest BCUT2D eigenvalue weighted by molar-refractivity contribution is 7.90. The zero-order chi connectivity index (χ0) is 26.8. The summed E-state index contributed by atoms with van der Waals surface area (Å²) >= 11 is 0. The van der Waals surface area contributed by atoms with Crippen molar-refractivity contribution in [1.82, 2.24) is 23.8 Å². The van der Waals surface area contributed by atoms with Gasteiger partial charge in [-0.25, -0.2) is 27.2 Å². The lowest BCUT2D eigenvalue weighted by atomic mass is 9.55. The average molecular weight is 536 g/mol. The van der Waals surface area contributed by atoms with Gasteiger partial charge in [-0.05, 0) is 51.3 Å². The molecule has 0 spiro atoms. The van der Waals surface area contributed by atoms with Crippen molar-refractivity contribution in [2.75, 3.05) is 6.54 Å². The summed E-state index contributed by atoms with van der Waals surface area (Å²) in [6.45, 7) is 5.71. The van der Waals surface area contributed by atoms with Crippen LogP contribution in [0.25, 0.3) is 22.1 Å². The lowest BCUT2D eigenvalue weighted by molar-refractivity contribution is -0.147. The number of fused-ring (bicyclic) bond motifs is 4. The van der Waals surface area contributed by atoms with Gasteiger partial charge < -0.3 is 14.6 Å². The normalized spacial score (nSPS) is 21.1. The summed E-state index contributed by atoms with van der Waals surface area (Å²) in [5, 5.41) is 3.42. The third kappa shape index (κ3) is 3.96. The van der Waals surface area contributed by atoms with E-state index in [1.807, 2.05) is 0 Å². The Balaban J connectivity index is 1.41. The second kappa shape index (κ2) is 8.65. The van der Waals surface area contributed by atoms with Crippen molar-refractivity contribution in [3.8, 4) is 0 Å². The van der Waals surface area contributed by atoms with Gasteiger partial charge in [-0.15, -0.1) is 0 Å². The summed E-state index contributed by atoms with van der Waals surface area (Å²) < 4.78 is 35.4. The number of aromatic nitrogens is 4. The van der Waals surface area contributed by atoms with Crippen LogP contribution < -0.4 is 5.32 Å². The van der Waals surface area contributed by atoms with Gasteiger partial charge in [-0.3, -0.25) is 4.79 Å². The van der Waals surface area contributed by atoms with E-state index in [0.29, 0.717) is 47.7 Å². The highest BCUT2D eigenvalue weighted by Gasteiger charge is 2.55. The van der Waals surface area contributed by atoms with Gasteiger partial charge in [0, 0.05) is 42.9 Å². The van der Waals surface area contributed by atoms with Crippen LogP contribution in [0.3, 0.4) is 0 Å². The van der Waals surface area contributed by atoms with Crippen LogP contribution in [0.4, 0.5) is 4.79 Å². The topological polar surface area (TPSA) is 125 Å². The van der Waals surface area contributed by atoms with Crippen molar-refractivity contribution in [2.24, 2.45) is 11.8 Å². The van der Waals surface area contributed by atoms with Gasteiger partial charge >= 0.3 is 6.09 Å². The molecule has 2 aliphatic carbocycles. The minimum atomic E-state index is -3.86. The summed E-state index contributed by atoms with van der Waals surface area (Å²) in [6, 6.07) is 9.92. The van der Waals surface area contributed by atoms with Gasteiger partial charge in [0.1, 0.15) is 22.7 Å². The molecule has 2 aliphatic rings. The standard InChI is InChI=1S/C27H29N5O5S/c1-27(2,3)37-26(34)28-11-9-22-30-19-15-29-25-18(24(19)32(22)20-13-16-14-21(33)23(16)20)10-12-31(25)38(35,36)17-7-5-4-6-8-17/h4-8,10,12,15-16,20,23H,9,11,13-14H2,1-3H3,(H,28,34). The molecule has 0 radical (unpaired) electrons. The fourth-order valence-corrected chi connectivity index (χ4v) is 6.95. The molecule has 3 heterocycles. The van der Waals surface area contributed by atoms with Gasteiger partial charge in [0.05, 0.1) is 16.6 Å². The summed E-state index contributed by atoms with van der Waals surface area (Å²) in [5.74, 6) is 1.30. The second-order valence-corrected chi connectivity index (χ2v) is 12.8. The van der Waals surface area contributed by atoms with E-state index in [9.17, 15) is 18.0 Å². The number of alkyl carbamates (subject to hydrolysis) is 1. The Labute approximate surface area is 220 Å². The van der Waals surface area contributed by atoms with Gasteiger partial charge in [0.2, 0.25) is 0 Å². The molecular weight excluding hydrogens is 506 g/mol. The monoisotopic (exact) mass is 535 g/mol. The fraction of sp³-hybridized carbons (Fsp3) is 0.407. The smallest absolute Gasteiger partial charge is 0.407 e. The molecule has 1 aromatic carbocycles. The number of hydrogen-bond acceptors (Lipinski definition) is 7. The zero-order valence-corrected chi connectivity index (χ0v) is 22.2. The third-order valence-electron chi connectivity index (χ3n) is 7.35. The highest BCUT2D eigenvalue weighted by atomic mass is 32.2. The molecule has 3 aromatic heterocycles. The number of benzene rings is 1. The van der Waals surface area contributed by atoms with Crippen LogP contribution in [0.5, 0.6) is 0 Å². The van der Waals surface area contributed by atoms with Crippen molar-refractivity contribution in [3.63, 3.8) is 0 Å². The first kappa shape index (κ1) is 24.6. The molecule has 0 aliphatic heterocycles. The Morgan fingerprint density at radius 1 is 1.18 bits per heavy atom. The molecule has 3 unspecified atom stereocenters. The number of Topliss-reactive ketones (excluding diaryl/α,β-unsaturated/α-hetero) is 1. The average Bonchev–Trinajstić information content (AvgIpc) is 3.43. The molecule has 2 fully saturated rings. The van der Waals surface area contributed by atoms with Crippen LogP contribution in [-0.4, -0.2) is 50.9 Å². The van der Waals surface area contributed by atoms with Crippen LogP contribution in [0.15, 0.2) is 53.7 Å². The molecule has 6 rings (SSSR count). The van der Waals surface area contributed by atoms with E-state index < -0.39 is 21.7 Å². The summed E-state index contributed by atoms with van der Waals surface area (Å²) in [4.78, 5) is 34.1. The molecule has 4 aromatic rings. The van der Waals surface area contributed by atoms with Crippen molar-refractivity contribution in [3.05, 3.63) is 54.6 Å². The lowest BCUT2D eigenvalue weighted by Gasteiger charge is -2.52. The minimum Gasteiger partial charge on any atom is -0.444 e. The molecule has 3 atom stereocenters. The third-order valence-corrected chi connectivity index (χ3v) is 9.03. The Hall–Kier alpha value is -3.73. The minimum absolute atomic E-state index is 0.0525. The Morgan fingerprint density at radius 3 is 2.63 bits per heavy atom. The van der Waals surface area contributed by atoms with E-state index in [4.69, 9.17) is 9.72 Å². The number of ether oxygens (including phenoxy) is 1. The van der Waals surface area contributed by atoms with E-state index in [0.717, 1.165) is 11.9 Å². The number of carbonyl (C=O) groups excluding carboxylic acids is 2. The molecule has 11 heteroatoms. The quantitative estimate of drug-likeness (QED) is 0.398. The second-order valence-electron chi connectivity index (χ2n) is 11.0. The molecule has 1 N–H and O–H groups in total. The number of carbonyl (C=O) groups is 2. The molecule has 0 saturated heterocycles. The maximum atomic E-state index is 13.4. The van der Waals surface area contributed by atoms with Crippen LogP contribution in [0.2, 0.25) is 0 Å². The molecule has 0 bridgehead atoms. The van der Waals surface area contributed by atoms with E-state index >= 15 is 0 Å². The number of rotatable bonds is 6. The first-order chi connectivity index (χ1) is 18.0. The van der Waals surface area contributed by atoms with Crippen LogP contribution in [0, 0.1) is 11.8 Å². The zero-order valence-electron chi connectivity index (χ0n) is 21.4. The van der Waals surface area contributed by atoms with Crippen LogP contribution >= 0.6 is 0 Å². The largest absolute Gasteiger partial charge is 0.444 e. The fourth-order valence-electron chi connectivity index (χ4n) is 5.63. The van der Waals surface area contributed by atoms with Crippen molar-refractivity contribution in [1.29, 1.82) is 0 Å². The van der Waals surface area contributed by atoms with Crippen LogP contribution in [-0.2, 0) is 26.0 Å². The Morgan fingerprint density at radius 2 is 1.95 bits per heavy atom. The summed E-state index contributed by atoms with van der Waals surface area (Å²) in [7, 11) is -3.86. The van der Waals surface area contributed by atoms with Crippen molar-refractivity contribution < 1.29 is 22.7 Å². The number of hydrogen-bond donors (Lipinski definition) is 1. The predicted octanol–water partition coefficient (Wildman–Crippen LogP) is 3.84. The molecule has 198 valence electrons. The Kier molecular flexibility index (Phi) is 5.60. The first-order valence-corrected chi connectivity index (χ1v) is 14.2. The molecule has 38 heavy (non-hydrogen) atoms. The maximum Gasteiger partial charge on any atom is 0.407 e. The molecular formula is C27H29N5O5S. The predicted molar refractivity (Wildman–Crippen MR) is 140 cm³/mol. The van der Waals surface area contributed by atoms with E-state index in [2.05, 4.69) is 14.9 Å². The number of imidazole rings is 1. The van der Waals surface area contributed by atoms with E-state index in [1.54, 1.807) is 63.4 Å². The number of ketones is 1. The number of pyridine rings is 1. The Bertz CT molecular complexity index is 1680. The molecule has 1 amide bonds. The van der Waals surface area contributed by atoms with Gasteiger partial charge in [0.15, 0.2) is 5.65 Å². The lowest BCUT2D eigenvalue weighted by Crippen LogP contribution is -2.53. The van der Waals surface area contributed by atoms with Gasteiger partial charge in [-0.2, -0.15) is 0 Å². The number of nitrogens with zero attached hydrogens (tertiary/aromatic N) is 4. The summed E-state index contributed by atoms with van der Waals surface area (Å²) in [6.07, 6.45) is 4.48.